The van der Waals surface area contributed by atoms with Crippen LogP contribution in [0, 0.1) is 5.82 Å². The Morgan fingerprint density at radius 3 is 2.64 bits per heavy atom. The summed E-state index contributed by atoms with van der Waals surface area (Å²) in [5.74, 6) is -2.20. The van der Waals surface area contributed by atoms with Gasteiger partial charge in [-0.2, -0.15) is 13.2 Å². The predicted octanol–water partition coefficient (Wildman–Crippen LogP) is 1.49. The molecular formula is C13H11F4N5O3. The van der Waals surface area contributed by atoms with E-state index in [1.54, 1.807) is 0 Å². The van der Waals surface area contributed by atoms with E-state index in [1.165, 1.54) is 0 Å². The zero-order valence-corrected chi connectivity index (χ0v) is 12.6. The summed E-state index contributed by atoms with van der Waals surface area (Å²) in [7, 11) is 1.09. The van der Waals surface area contributed by atoms with Crippen LogP contribution >= 0.6 is 0 Å². The number of carbonyl (C=O) groups is 2. The van der Waals surface area contributed by atoms with Gasteiger partial charge in [-0.05, 0) is 17.7 Å². The van der Waals surface area contributed by atoms with E-state index in [0.29, 0.717) is 12.1 Å². The van der Waals surface area contributed by atoms with Crippen molar-refractivity contribution >= 4 is 12.0 Å². The van der Waals surface area contributed by atoms with Gasteiger partial charge in [-0.1, -0.05) is 11.3 Å². The summed E-state index contributed by atoms with van der Waals surface area (Å²) < 4.78 is 56.6. The van der Waals surface area contributed by atoms with Crippen molar-refractivity contribution in [2.75, 3.05) is 7.11 Å². The lowest BCUT2D eigenvalue weighted by molar-refractivity contribution is -0.140. The Balaban J connectivity index is 2.09. The zero-order chi connectivity index (χ0) is 18.6. The van der Waals surface area contributed by atoms with E-state index >= 15 is 0 Å². The van der Waals surface area contributed by atoms with Crippen molar-refractivity contribution in [2.45, 2.75) is 12.7 Å². The van der Waals surface area contributed by atoms with Gasteiger partial charge >= 0.3 is 12.3 Å². The van der Waals surface area contributed by atoms with Gasteiger partial charge in [-0.3, -0.25) is 10.2 Å². The molecular weight excluding hydrogens is 350 g/mol. The highest BCUT2D eigenvalue weighted by Gasteiger charge is 2.34. The number of hydrogen-bond acceptors (Lipinski definition) is 5. The lowest BCUT2D eigenvalue weighted by atomic mass is 10.1. The van der Waals surface area contributed by atoms with Gasteiger partial charge in [0.1, 0.15) is 5.82 Å². The third-order valence-electron chi connectivity index (χ3n) is 2.92. The molecule has 12 heteroatoms. The van der Waals surface area contributed by atoms with Crippen LogP contribution in [0.3, 0.4) is 0 Å². The molecule has 2 N–H and O–H groups in total. The van der Waals surface area contributed by atoms with Gasteiger partial charge < -0.3 is 4.74 Å². The Kier molecular flexibility index (Phi) is 5.20. The molecule has 8 nitrogen and oxygen atoms in total. The first-order valence-electron chi connectivity index (χ1n) is 6.60. The van der Waals surface area contributed by atoms with Crippen molar-refractivity contribution in [2.24, 2.45) is 0 Å². The molecule has 0 aliphatic rings. The average molecular weight is 361 g/mol. The van der Waals surface area contributed by atoms with Gasteiger partial charge in [-0.15, -0.1) is 5.10 Å². The van der Waals surface area contributed by atoms with E-state index in [4.69, 9.17) is 0 Å². The number of hydrazine groups is 1. The molecule has 0 aliphatic carbocycles. The summed E-state index contributed by atoms with van der Waals surface area (Å²) in [5.41, 5.74) is 2.41. The summed E-state index contributed by atoms with van der Waals surface area (Å²) in [6.45, 7) is -0.173. The zero-order valence-electron chi connectivity index (χ0n) is 12.6. The number of alkyl halides is 3. The summed E-state index contributed by atoms with van der Waals surface area (Å²) in [6, 6.07) is 2.50. The number of carbonyl (C=O) groups excluding carboxylic acids is 2. The molecule has 25 heavy (non-hydrogen) atoms. The molecule has 0 aliphatic heterocycles. The van der Waals surface area contributed by atoms with Crippen molar-refractivity contribution < 1.29 is 31.9 Å². The van der Waals surface area contributed by atoms with Crippen LogP contribution in [0.25, 0.3) is 0 Å². The van der Waals surface area contributed by atoms with Crippen molar-refractivity contribution in [3.05, 3.63) is 47.0 Å². The molecule has 2 rings (SSSR count). The van der Waals surface area contributed by atoms with E-state index in [-0.39, 0.29) is 17.8 Å². The fourth-order valence-electron chi connectivity index (χ4n) is 1.78. The second-order valence-corrected chi connectivity index (χ2v) is 4.68. The highest BCUT2D eigenvalue weighted by molar-refractivity contribution is 5.92. The molecule has 0 spiro atoms. The van der Waals surface area contributed by atoms with Gasteiger partial charge in [0.15, 0.2) is 5.69 Å². The molecule has 0 saturated carbocycles. The van der Waals surface area contributed by atoms with Crippen molar-refractivity contribution in [1.29, 1.82) is 0 Å². The number of aromatic nitrogens is 3. The first-order chi connectivity index (χ1) is 11.7. The minimum atomic E-state index is -4.83. The molecule has 134 valence electrons. The number of benzene rings is 1. The average Bonchev–Trinajstić information content (AvgIpc) is 3.01. The summed E-state index contributed by atoms with van der Waals surface area (Å²) in [6.07, 6.45) is -4.59. The summed E-state index contributed by atoms with van der Waals surface area (Å²) >= 11 is 0. The Hall–Kier alpha value is -3.18. The standard InChI is InChI=1S/C13H11F4N5O3/c1-25-12(24)20-19-11(23)10-6-22(21-18-10)5-7-2-3-9(14)8(4-7)13(15,16)17/h2-4,6H,5H2,1H3,(H,19,23)(H,20,24). The van der Waals surface area contributed by atoms with Crippen LogP contribution in [0.5, 0.6) is 0 Å². The highest BCUT2D eigenvalue weighted by atomic mass is 19.4. The Morgan fingerprint density at radius 2 is 2.00 bits per heavy atom. The Morgan fingerprint density at radius 1 is 1.28 bits per heavy atom. The van der Waals surface area contributed by atoms with Crippen LogP contribution in [0.15, 0.2) is 24.4 Å². The lowest BCUT2D eigenvalue weighted by Gasteiger charge is -2.10. The summed E-state index contributed by atoms with van der Waals surface area (Å²) in [4.78, 5) is 22.5. The van der Waals surface area contributed by atoms with Crippen LogP contribution in [0.4, 0.5) is 22.4 Å². The number of hydrogen-bond donors (Lipinski definition) is 2. The fraction of sp³-hybridized carbons (Fsp3) is 0.231. The third-order valence-corrected chi connectivity index (χ3v) is 2.92. The topological polar surface area (TPSA) is 98.1 Å². The molecule has 0 saturated heterocycles. The second kappa shape index (κ2) is 7.15. The van der Waals surface area contributed by atoms with Crippen LogP contribution in [-0.4, -0.2) is 34.1 Å². The number of rotatable bonds is 3. The minimum absolute atomic E-state index is 0.110. The van der Waals surface area contributed by atoms with Gasteiger partial charge in [0.05, 0.1) is 25.4 Å². The maximum Gasteiger partial charge on any atom is 0.425 e. The maximum atomic E-state index is 13.2. The minimum Gasteiger partial charge on any atom is -0.452 e. The summed E-state index contributed by atoms with van der Waals surface area (Å²) in [5, 5.41) is 7.10. The van der Waals surface area contributed by atoms with Crippen LogP contribution in [0.2, 0.25) is 0 Å². The number of halogens is 4. The number of nitrogens with one attached hydrogen (secondary N) is 2. The van der Waals surface area contributed by atoms with E-state index in [9.17, 15) is 27.2 Å². The molecule has 0 fully saturated rings. The quantitative estimate of drug-likeness (QED) is 0.638. The van der Waals surface area contributed by atoms with E-state index in [1.807, 2.05) is 10.9 Å². The Bertz CT molecular complexity index is 790. The van der Waals surface area contributed by atoms with Crippen LogP contribution < -0.4 is 10.9 Å². The number of methoxy groups -OCH3 is 1. The van der Waals surface area contributed by atoms with Gasteiger partial charge in [-0.25, -0.2) is 19.3 Å². The van der Waals surface area contributed by atoms with Gasteiger partial charge in [0.25, 0.3) is 5.91 Å². The molecule has 2 amide bonds. The molecule has 0 radical (unpaired) electrons. The molecule has 0 unspecified atom stereocenters. The fourth-order valence-corrected chi connectivity index (χ4v) is 1.78. The first kappa shape index (κ1) is 18.2. The molecule has 0 atom stereocenters. The van der Waals surface area contributed by atoms with Gasteiger partial charge in [0, 0.05) is 0 Å². The number of amides is 2. The molecule has 1 aromatic heterocycles. The van der Waals surface area contributed by atoms with Crippen molar-refractivity contribution in [3.8, 4) is 0 Å². The van der Waals surface area contributed by atoms with Crippen LogP contribution in [-0.2, 0) is 17.5 Å². The van der Waals surface area contributed by atoms with E-state index in [2.05, 4.69) is 15.0 Å². The normalized spacial score (nSPS) is 11.1. The van der Waals surface area contributed by atoms with Gasteiger partial charge in [0.2, 0.25) is 0 Å². The van der Waals surface area contributed by atoms with Crippen molar-refractivity contribution in [1.82, 2.24) is 25.8 Å². The maximum absolute atomic E-state index is 13.2. The van der Waals surface area contributed by atoms with E-state index < -0.39 is 29.6 Å². The molecule has 2 aromatic rings. The van der Waals surface area contributed by atoms with Crippen molar-refractivity contribution in [3.63, 3.8) is 0 Å². The molecule has 1 heterocycles. The second-order valence-electron chi connectivity index (χ2n) is 4.68. The predicted molar refractivity (Wildman–Crippen MR) is 73.5 cm³/mol. The number of ether oxygens (including phenoxy) is 1. The number of nitrogens with zero attached hydrogens (tertiary/aromatic N) is 3. The monoisotopic (exact) mass is 361 g/mol. The first-order valence-corrected chi connectivity index (χ1v) is 6.60. The smallest absolute Gasteiger partial charge is 0.425 e. The molecule has 1 aromatic carbocycles. The lowest BCUT2D eigenvalue weighted by Crippen LogP contribution is -2.41. The van der Waals surface area contributed by atoms with E-state index in [0.717, 1.165) is 24.1 Å². The van der Waals surface area contributed by atoms with Crippen LogP contribution in [0.1, 0.15) is 21.6 Å². The highest BCUT2D eigenvalue weighted by Crippen LogP contribution is 2.31. The SMILES string of the molecule is COC(=O)NNC(=O)c1cn(Cc2ccc(F)c(C(F)(F)F)c2)nn1. The third kappa shape index (κ3) is 4.65. The Labute approximate surface area is 137 Å². The molecule has 0 bridgehead atoms. The largest absolute Gasteiger partial charge is 0.452 e.